The van der Waals surface area contributed by atoms with Crippen LogP contribution in [-0.4, -0.2) is 40.5 Å². The van der Waals surface area contributed by atoms with Gasteiger partial charge in [0.1, 0.15) is 36.3 Å². The maximum Gasteiger partial charge on any atom is 0.351 e. The van der Waals surface area contributed by atoms with Gasteiger partial charge >= 0.3 is 5.91 Å². The first-order valence-electron chi connectivity index (χ1n) is 15.5. The molecule has 9 rings (SSSR count). The first kappa shape index (κ1) is 30.1. The second kappa shape index (κ2) is 10.0. The average molecular weight is 726 g/mol. The number of benzene rings is 7. The number of hydroxylamine groups is 2. The van der Waals surface area contributed by atoms with Crippen LogP contribution in [0.3, 0.4) is 0 Å². The van der Waals surface area contributed by atoms with E-state index in [2.05, 4.69) is 15.9 Å². The summed E-state index contributed by atoms with van der Waals surface area (Å²) in [7, 11) is 0. The summed E-state index contributed by atoms with van der Waals surface area (Å²) >= 11 is 3.71. The van der Waals surface area contributed by atoms with Crippen LogP contribution in [-0.2, 0) is 6.54 Å². The summed E-state index contributed by atoms with van der Waals surface area (Å²) in [6.45, 7) is 1.57. The highest BCUT2D eigenvalue weighted by molar-refractivity contribution is 9.10. The monoisotopic (exact) mass is 724 g/mol. The fourth-order valence-corrected chi connectivity index (χ4v) is 8.61. The number of aryl methyl sites for hydroxylation is 1. The Balaban J connectivity index is 1.32. The van der Waals surface area contributed by atoms with Crippen molar-refractivity contribution in [3.8, 4) is 11.5 Å². The predicted octanol–water partition coefficient (Wildman–Crippen LogP) is 7.80. The highest BCUT2D eigenvalue weighted by Gasteiger charge is 2.41. The molecule has 0 aromatic heterocycles. The van der Waals surface area contributed by atoms with Gasteiger partial charge < -0.3 is 15.4 Å². The van der Waals surface area contributed by atoms with E-state index in [0.717, 1.165) is 31.8 Å². The van der Waals surface area contributed by atoms with E-state index < -0.39 is 22.4 Å². The smallest absolute Gasteiger partial charge is 0.351 e. The van der Waals surface area contributed by atoms with Gasteiger partial charge in [0.25, 0.3) is 11.8 Å². The van der Waals surface area contributed by atoms with E-state index in [1.807, 2.05) is 19.1 Å². The molecule has 7 aromatic rings. The van der Waals surface area contributed by atoms with Crippen LogP contribution in [0.5, 0.6) is 11.5 Å². The molecule has 3 amide bonds. The Labute approximate surface area is 290 Å². The number of rotatable bonds is 4. The van der Waals surface area contributed by atoms with Crippen LogP contribution >= 0.6 is 15.9 Å². The SMILES string of the molecule is Cc1cc2c3c(ccc4c5c(Br)cc6c7c(ccc(c1c34)c75)C(=O)N(c1cc(O)cc(C=O)c1)C6=O)C[N+]([O-])(c1cc(O)cc(C=O)c1)C2=O. The molecule has 0 radical (unpaired) electrons. The Morgan fingerprint density at radius 3 is 2.08 bits per heavy atom. The Bertz CT molecular complexity index is 2810. The van der Waals surface area contributed by atoms with Crippen molar-refractivity contribution in [3.63, 3.8) is 0 Å². The highest BCUT2D eigenvalue weighted by Crippen LogP contribution is 2.51. The van der Waals surface area contributed by atoms with Crippen LogP contribution in [0, 0.1) is 12.1 Å². The van der Waals surface area contributed by atoms with Gasteiger partial charge in [-0.3, -0.25) is 23.8 Å². The summed E-state index contributed by atoms with van der Waals surface area (Å²) < 4.78 is -0.862. The molecule has 11 heteroatoms. The van der Waals surface area contributed by atoms with Crippen molar-refractivity contribution >= 4 is 101 Å². The van der Waals surface area contributed by atoms with Crippen molar-refractivity contribution < 1.29 is 34.2 Å². The number of anilines is 1. The number of phenols is 2. The normalized spacial score (nSPS) is 17.1. The molecular weight excluding hydrogens is 704 g/mol. The number of imide groups is 1. The predicted molar refractivity (Wildman–Crippen MR) is 191 cm³/mol. The third-order valence-electron chi connectivity index (χ3n) is 9.96. The minimum Gasteiger partial charge on any atom is -0.619 e. The maximum atomic E-state index is 14.5. The third-order valence-corrected chi connectivity index (χ3v) is 10.6. The molecule has 10 nitrogen and oxygen atoms in total. The van der Waals surface area contributed by atoms with Gasteiger partial charge in [0.15, 0.2) is 0 Å². The van der Waals surface area contributed by atoms with Crippen LogP contribution in [0.1, 0.15) is 62.9 Å². The zero-order valence-corrected chi connectivity index (χ0v) is 27.5. The number of fused-ring (bicyclic) bond motifs is 2. The number of aldehydes is 2. The number of aromatic hydroxyl groups is 2. The number of phenolic OH excluding ortho intramolecular Hbond substituents is 2. The number of quaternary nitrogens is 1. The zero-order valence-electron chi connectivity index (χ0n) is 25.9. The van der Waals surface area contributed by atoms with E-state index >= 15 is 0 Å². The molecule has 0 spiro atoms. The van der Waals surface area contributed by atoms with Gasteiger partial charge in [0.2, 0.25) is 0 Å². The minimum atomic E-state index is -1.42. The number of halogens is 1. The molecule has 2 aliphatic rings. The minimum absolute atomic E-state index is 0.0577. The second-order valence-electron chi connectivity index (χ2n) is 12.8. The number of nitrogens with zero attached hydrogens (tertiary/aromatic N) is 2. The van der Waals surface area contributed by atoms with Gasteiger partial charge in [-0.25, -0.2) is 9.69 Å². The molecule has 0 saturated heterocycles. The molecule has 0 saturated carbocycles. The summed E-state index contributed by atoms with van der Waals surface area (Å²) in [5.74, 6) is -2.54. The topological polar surface area (TPSA) is 152 Å². The van der Waals surface area contributed by atoms with Crippen LogP contribution in [0.4, 0.5) is 11.4 Å². The largest absolute Gasteiger partial charge is 0.619 e. The summed E-state index contributed by atoms with van der Waals surface area (Å²) in [4.78, 5) is 66.4. The van der Waals surface area contributed by atoms with Crippen LogP contribution in [0.2, 0.25) is 0 Å². The summed E-state index contributed by atoms with van der Waals surface area (Å²) in [5.41, 5.74) is 2.20. The Morgan fingerprint density at radius 2 is 1.34 bits per heavy atom. The van der Waals surface area contributed by atoms with E-state index in [1.54, 1.807) is 24.3 Å². The van der Waals surface area contributed by atoms with Crippen molar-refractivity contribution in [1.82, 2.24) is 4.65 Å². The Kier molecular flexibility index (Phi) is 6.03. The van der Waals surface area contributed by atoms with Gasteiger partial charge in [-0.15, -0.1) is 0 Å². The van der Waals surface area contributed by atoms with Gasteiger partial charge in [0, 0.05) is 66.5 Å². The zero-order chi connectivity index (χ0) is 35.0. The van der Waals surface area contributed by atoms with Gasteiger partial charge in [-0.2, -0.15) is 0 Å². The van der Waals surface area contributed by atoms with Crippen molar-refractivity contribution in [2.45, 2.75) is 13.5 Å². The van der Waals surface area contributed by atoms with E-state index in [4.69, 9.17) is 0 Å². The number of amides is 3. The molecule has 1 unspecified atom stereocenters. The first-order chi connectivity index (χ1) is 23.9. The lowest BCUT2D eigenvalue weighted by molar-refractivity contribution is 0.0812. The Hall–Kier alpha value is -6.01. The standard InChI is InChI=1S/C39H21BrN2O8/c1-17-6-29-32-20(14-42(50,39(29)49)22-8-19(16-44)10-24(46)12-22)2-3-26-34-30(40)13-28-33-27(5-4-25(36(33)34)31(17)35(26)32)37(47)41(38(28)48)21-7-18(15-43)9-23(45)11-21/h2-13,15-16,45-46H,14H2,1H3. The molecule has 2 heterocycles. The van der Waals surface area contributed by atoms with E-state index in [-0.39, 0.29) is 57.2 Å². The van der Waals surface area contributed by atoms with Crippen LogP contribution in [0.25, 0.3) is 43.1 Å². The van der Waals surface area contributed by atoms with Crippen molar-refractivity contribution in [2.75, 3.05) is 4.90 Å². The van der Waals surface area contributed by atoms with Crippen molar-refractivity contribution in [3.05, 3.63) is 121 Å². The lowest BCUT2D eigenvalue weighted by atomic mass is 9.81. The number of carbonyl (C=O) groups excluding carboxylic acids is 5. The summed E-state index contributed by atoms with van der Waals surface area (Å²) in [6.07, 6.45) is 1.03. The van der Waals surface area contributed by atoms with Crippen LogP contribution < -0.4 is 9.55 Å². The van der Waals surface area contributed by atoms with Gasteiger partial charge in [-0.1, -0.05) is 34.1 Å². The fourth-order valence-electron chi connectivity index (χ4n) is 7.97. The number of hydrogen-bond acceptors (Lipinski definition) is 8. The third kappa shape index (κ3) is 3.76. The lowest BCUT2D eigenvalue weighted by Crippen LogP contribution is -2.50. The van der Waals surface area contributed by atoms with Crippen LogP contribution in [0.15, 0.2) is 77.3 Å². The maximum absolute atomic E-state index is 14.5. The quantitative estimate of drug-likeness (QED) is 0.0466. The first-order valence-corrected chi connectivity index (χ1v) is 16.3. The Morgan fingerprint density at radius 1 is 0.700 bits per heavy atom. The molecule has 50 heavy (non-hydrogen) atoms. The lowest BCUT2D eigenvalue weighted by Gasteiger charge is -2.42. The van der Waals surface area contributed by atoms with Gasteiger partial charge in [-0.05, 0) is 70.4 Å². The molecule has 7 aromatic carbocycles. The molecule has 2 N–H and O–H groups in total. The van der Waals surface area contributed by atoms with Crippen molar-refractivity contribution in [2.24, 2.45) is 0 Å². The highest BCUT2D eigenvalue weighted by atomic mass is 79.9. The molecular formula is C39H21BrN2O8. The van der Waals surface area contributed by atoms with E-state index in [1.165, 1.54) is 36.4 Å². The van der Waals surface area contributed by atoms with E-state index in [9.17, 15) is 39.4 Å². The van der Waals surface area contributed by atoms with E-state index in [0.29, 0.717) is 44.3 Å². The van der Waals surface area contributed by atoms with Gasteiger partial charge in [0.05, 0.1) is 16.8 Å². The molecule has 242 valence electrons. The average Bonchev–Trinajstić information content (AvgIpc) is 3.09. The molecule has 0 fully saturated rings. The molecule has 1 atom stereocenters. The summed E-state index contributed by atoms with van der Waals surface area (Å²) in [5, 5.41) is 40.5. The molecule has 0 bridgehead atoms. The number of hydrogen-bond donors (Lipinski definition) is 2. The fraction of sp³-hybridized carbons (Fsp3) is 0.0513. The number of carbonyl (C=O) groups is 5. The molecule has 0 aliphatic carbocycles. The summed E-state index contributed by atoms with van der Waals surface area (Å²) in [6, 6.07) is 18.1. The van der Waals surface area contributed by atoms with Crippen molar-refractivity contribution in [1.29, 1.82) is 0 Å². The second-order valence-corrected chi connectivity index (χ2v) is 13.6. The molecule has 2 aliphatic heterocycles.